The van der Waals surface area contributed by atoms with E-state index in [4.69, 9.17) is 4.74 Å². The Labute approximate surface area is 167 Å². The van der Waals surface area contributed by atoms with Crippen LogP contribution in [0.2, 0.25) is 0 Å². The number of amides is 3. The van der Waals surface area contributed by atoms with Crippen molar-refractivity contribution < 1.29 is 19.1 Å². The summed E-state index contributed by atoms with van der Waals surface area (Å²) in [6, 6.07) is 6.25. The lowest BCUT2D eigenvalue weighted by atomic mass is 9.96. The van der Waals surface area contributed by atoms with Crippen LogP contribution in [0.4, 0.5) is 4.79 Å². The Morgan fingerprint density at radius 2 is 1.93 bits per heavy atom. The summed E-state index contributed by atoms with van der Waals surface area (Å²) < 4.78 is 6.17. The molecule has 1 atom stereocenters. The summed E-state index contributed by atoms with van der Waals surface area (Å²) in [5, 5.41) is 5.32. The first-order valence-corrected chi connectivity index (χ1v) is 9.69. The molecule has 3 rings (SSSR count). The molecule has 29 heavy (non-hydrogen) atoms. The first-order chi connectivity index (χ1) is 13.9. The minimum Gasteiger partial charge on any atom is -0.451 e. The highest BCUT2D eigenvalue weighted by Gasteiger charge is 2.22. The molecule has 154 valence electrons. The quantitative estimate of drug-likeness (QED) is 0.734. The summed E-state index contributed by atoms with van der Waals surface area (Å²) in [5.74, 6) is -1.50. The van der Waals surface area contributed by atoms with E-state index >= 15 is 0 Å². The molecule has 9 nitrogen and oxygen atoms in total. The molecule has 1 aromatic heterocycles. The minimum atomic E-state index is -1.18. The van der Waals surface area contributed by atoms with Gasteiger partial charge in [0, 0.05) is 6.04 Å². The lowest BCUT2D eigenvalue weighted by Crippen LogP contribution is -2.48. The van der Waals surface area contributed by atoms with Crippen molar-refractivity contribution in [2.75, 3.05) is 0 Å². The van der Waals surface area contributed by atoms with Crippen LogP contribution in [0.25, 0.3) is 10.9 Å². The van der Waals surface area contributed by atoms with E-state index in [2.05, 4.69) is 15.6 Å². The van der Waals surface area contributed by atoms with Crippen LogP contribution < -0.4 is 16.2 Å². The van der Waals surface area contributed by atoms with Gasteiger partial charge in [0.25, 0.3) is 11.5 Å². The normalized spacial score (nSPS) is 15.5. The standard InChI is InChI=1S/C20H24N4O5/c1-13(18(26)23-20(28)22-14-7-3-2-4-8-14)29-17(25)11-24-12-21-16-10-6-5-9-15(16)19(24)27/h5-6,9-10,12-14H,2-4,7-8,11H2,1H3,(H2,22,23,26,28)/t13-/m1/s1. The SMILES string of the molecule is C[C@@H](OC(=O)Cn1cnc2ccccc2c1=O)C(=O)NC(=O)NC1CCCCC1. The van der Waals surface area contributed by atoms with Crippen molar-refractivity contribution in [1.29, 1.82) is 0 Å². The van der Waals surface area contributed by atoms with Crippen LogP contribution in [0.3, 0.4) is 0 Å². The van der Waals surface area contributed by atoms with E-state index in [0.717, 1.165) is 36.7 Å². The third kappa shape index (κ3) is 5.40. The maximum atomic E-state index is 12.4. The van der Waals surface area contributed by atoms with E-state index in [0.29, 0.717) is 10.9 Å². The van der Waals surface area contributed by atoms with Crippen LogP contribution in [0, 0.1) is 0 Å². The second-order valence-corrected chi connectivity index (χ2v) is 7.12. The van der Waals surface area contributed by atoms with Gasteiger partial charge in [0.2, 0.25) is 0 Å². The van der Waals surface area contributed by atoms with Crippen LogP contribution in [0.5, 0.6) is 0 Å². The topological polar surface area (TPSA) is 119 Å². The summed E-state index contributed by atoms with van der Waals surface area (Å²) in [7, 11) is 0. The Kier molecular flexibility index (Phi) is 6.58. The number of imide groups is 1. The molecule has 0 spiro atoms. The van der Waals surface area contributed by atoms with Crippen LogP contribution in [0.1, 0.15) is 39.0 Å². The van der Waals surface area contributed by atoms with Crippen molar-refractivity contribution in [2.45, 2.75) is 57.7 Å². The van der Waals surface area contributed by atoms with Gasteiger partial charge in [0.1, 0.15) is 6.54 Å². The molecular weight excluding hydrogens is 376 g/mol. The second kappa shape index (κ2) is 9.31. The largest absolute Gasteiger partial charge is 0.451 e. The van der Waals surface area contributed by atoms with Gasteiger partial charge in [0.05, 0.1) is 17.2 Å². The smallest absolute Gasteiger partial charge is 0.326 e. The average molecular weight is 400 g/mol. The van der Waals surface area contributed by atoms with Crippen molar-refractivity contribution in [3.05, 3.63) is 40.9 Å². The molecule has 1 aliphatic carbocycles. The van der Waals surface area contributed by atoms with Crippen LogP contribution >= 0.6 is 0 Å². The van der Waals surface area contributed by atoms with Gasteiger partial charge in [-0.2, -0.15) is 0 Å². The third-order valence-corrected chi connectivity index (χ3v) is 4.89. The predicted octanol–water partition coefficient (Wildman–Crippen LogP) is 1.49. The molecular formula is C20H24N4O5. The van der Waals surface area contributed by atoms with Gasteiger partial charge in [-0.15, -0.1) is 0 Å². The monoisotopic (exact) mass is 400 g/mol. The molecule has 0 saturated heterocycles. The fourth-order valence-electron chi connectivity index (χ4n) is 3.33. The van der Waals surface area contributed by atoms with Crippen molar-refractivity contribution in [3.63, 3.8) is 0 Å². The zero-order valence-corrected chi connectivity index (χ0v) is 16.2. The Morgan fingerprint density at radius 3 is 2.69 bits per heavy atom. The lowest BCUT2D eigenvalue weighted by Gasteiger charge is -2.23. The van der Waals surface area contributed by atoms with Crippen molar-refractivity contribution in [3.8, 4) is 0 Å². The van der Waals surface area contributed by atoms with E-state index in [1.807, 2.05) is 0 Å². The summed E-state index contributed by atoms with van der Waals surface area (Å²) in [6.45, 7) is 0.977. The van der Waals surface area contributed by atoms with Gasteiger partial charge in [-0.25, -0.2) is 9.78 Å². The highest BCUT2D eigenvalue weighted by Crippen LogP contribution is 2.17. The van der Waals surface area contributed by atoms with Crippen molar-refractivity contribution in [1.82, 2.24) is 20.2 Å². The molecule has 0 unspecified atom stereocenters. The van der Waals surface area contributed by atoms with Gasteiger partial charge in [-0.1, -0.05) is 31.4 Å². The van der Waals surface area contributed by atoms with E-state index < -0.39 is 24.0 Å². The van der Waals surface area contributed by atoms with Crippen LogP contribution in [-0.2, 0) is 20.9 Å². The molecule has 1 fully saturated rings. The number of aromatic nitrogens is 2. The molecule has 0 radical (unpaired) electrons. The number of esters is 1. The summed E-state index contributed by atoms with van der Waals surface area (Å²) in [5.41, 5.74) is 0.148. The molecule has 3 amide bonds. The van der Waals surface area contributed by atoms with E-state index in [-0.39, 0.29) is 18.1 Å². The van der Waals surface area contributed by atoms with Gasteiger partial charge in [-0.3, -0.25) is 24.3 Å². The number of carbonyl (C=O) groups is 3. The number of fused-ring (bicyclic) bond motifs is 1. The Morgan fingerprint density at radius 1 is 1.21 bits per heavy atom. The zero-order valence-electron chi connectivity index (χ0n) is 16.2. The third-order valence-electron chi connectivity index (χ3n) is 4.89. The van der Waals surface area contributed by atoms with Gasteiger partial charge in [0.15, 0.2) is 6.10 Å². The van der Waals surface area contributed by atoms with Gasteiger partial charge >= 0.3 is 12.0 Å². The van der Waals surface area contributed by atoms with E-state index in [9.17, 15) is 19.2 Å². The van der Waals surface area contributed by atoms with Gasteiger partial charge < -0.3 is 10.1 Å². The predicted molar refractivity (Wildman–Crippen MR) is 105 cm³/mol. The summed E-state index contributed by atoms with van der Waals surface area (Å²) in [4.78, 5) is 52.7. The number of urea groups is 1. The maximum absolute atomic E-state index is 12.4. The highest BCUT2D eigenvalue weighted by molar-refractivity contribution is 5.97. The van der Waals surface area contributed by atoms with Crippen molar-refractivity contribution in [2.24, 2.45) is 0 Å². The summed E-state index contributed by atoms with van der Waals surface area (Å²) >= 11 is 0. The zero-order chi connectivity index (χ0) is 20.8. The minimum absolute atomic E-state index is 0.0571. The number of para-hydroxylation sites is 1. The number of hydrogen-bond acceptors (Lipinski definition) is 6. The van der Waals surface area contributed by atoms with Crippen LogP contribution in [0.15, 0.2) is 35.4 Å². The molecule has 2 N–H and O–H groups in total. The Hall–Kier alpha value is -3.23. The van der Waals surface area contributed by atoms with Gasteiger partial charge in [-0.05, 0) is 31.9 Å². The lowest BCUT2D eigenvalue weighted by molar-refractivity contribution is -0.155. The molecule has 1 saturated carbocycles. The Bertz CT molecular complexity index is 965. The molecule has 2 aromatic rings. The fraction of sp³-hybridized carbons (Fsp3) is 0.450. The number of nitrogens with one attached hydrogen (secondary N) is 2. The number of hydrogen-bond donors (Lipinski definition) is 2. The number of benzene rings is 1. The first kappa shape index (κ1) is 20.5. The molecule has 1 heterocycles. The molecule has 1 aliphatic rings. The van der Waals surface area contributed by atoms with E-state index in [1.54, 1.807) is 24.3 Å². The van der Waals surface area contributed by atoms with E-state index in [1.165, 1.54) is 13.3 Å². The Balaban J connectivity index is 1.52. The fourth-order valence-corrected chi connectivity index (χ4v) is 3.33. The number of ether oxygens (including phenoxy) is 1. The average Bonchev–Trinajstić information content (AvgIpc) is 2.71. The number of carbonyl (C=O) groups excluding carboxylic acids is 3. The molecule has 0 bridgehead atoms. The van der Waals surface area contributed by atoms with Crippen molar-refractivity contribution >= 4 is 28.8 Å². The number of nitrogens with zero attached hydrogens (tertiary/aromatic N) is 2. The summed E-state index contributed by atoms with van der Waals surface area (Å²) in [6.07, 6.45) is 5.12. The second-order valence-electron chi connectivity index (χ2n) is 7.12. The molecule has 9 heteroatoms. The van der Waals surface area contributed by atoms with Crippen LogP contribution in [-0.4, -0.2) is 39.6 Å². The molecule has 0 aliphatic heterocycles. The number of rotatable bonds is 5. The first-order valence-electron chi connectivity index (χ1n) is 9.69. The molecule has 1 aromatic carbocycles. The highest BCUT2D eigenvalue weighted by atomic mass is 16.5. The maximum Gasteiger partial charge on any atom is 0.326 e.